The highest BCUT2D eigenvalue weighted by atomic mass is 32.2. The molecule has 0 aromatic heterocycles. The SMILES string of the molecule is COc1cccc(C(COc2ccc(CC3SC(=O)NC3=O)cc2)OC(C)=O)c1. The van der Waals surface area contributed by atoms with Gasteiger partial charge in [0.15, 0.2) is 6.10 Å². The third kappa shape index (κ3) is 5.74. The number of benzene rings is 2. The number of imide groups is 1. The summed E-state index contributed by atoms with van der Waals surface area (Å²) in [7, 11) is 1.57. The van der Waals surface area contributed by atoms with Gasteiger partial charge in [0.2, 0.25) is 5.91 Å². The second-order valence-corrected chi connectivity index (χ2v) is 7.59. The van der Waals surface area contributed by atoms with Crippen LogP contribution < -0.4 is 14.8 Å². The minimum Gasteiger partial charge on any atom is -0.497 e. The number of hydrogen-bond donors (Lipinski definition) is 1. The van der Waals surface area contributed by atoms with E-state index in [0.717, 1.165) is 22.9 Å². The van der Waals surface area contributed by atoms with Crippen LogP contribution in [0.2, 0.25) is 0 Å². The summed E-state index contributed by atoms with van der Waals surface area (Å²) in [5, 5.41) is 1.56. The van der Waals surface area contributed by atoms with Crippen LogP contribution in [0.5, 0.6) is 11.5 Å². The van der Waals surface area contributed by atoms with E-state index >= 15 is 0 Å². The van der Waals surface area contributed by atoms with Crippen molar-refractivity contribution >= 4 is 28.9 Å². The Morgan fingerprint density at radius 1 is 1.14 bits per heavy atom. The van der Waals surface area contributed by atoms with Crippen LogP contribution in [0.15, 0.2) is 48.5 Å². The Balaban J connectivity index is 1.62. The molecule has 2 unspecified atom stereocenters. The van der Waals surface area contributed by atoms with E-state index in [1.54, 1.807) is 25.3 Å². The smallest absolute Gasteiger partial charge is 0.303 e. The molecule has 1 heterocycles. The molecule has 152 valence electrons. The lowest BCUT2D eigenvalue weighted by atomic mass is 10.1. The summed E-state index contributed by atoms with van der Waals surface area (Å²) in [5.41, 5.74) is 1.69. The normalized spacial score (nSPS) is 16.8. The molecule has 7 nitrogen and oxygen atoms in total. The molecular formula is C21H21NO6S. The largest absolute Gasteiger partial charge is 0.497 e. The highest BCUT2D eigenvalue weighted by molar-refractivity contribution is 8.15. The number of carbonyl (C=O) groups is 3. The minimum atomic E-state index is -0.577. The maximum Gasteiger partial charge on any atom is 0.303 e. The molecule has 0 spiro atoms. The maximum atomic E-state index is 11.7. The van der Waals surface area contributed by atoms with Crippen molar-refractivity contribution in [2.45, 2.75) is 24.7 Å². The van der Waals surface area contributed by atoms with Crippen molar-refractivity contribution in [2.75, 3.05) is 13.7 Å². The molecule has 0 saturated carbocycles. The van der Waals surface area contributed by atoms with E-state index in [4.69, 9.17) is 14.2 Å². The molecular weight excluding hydrogens is 394 g/mol. The summed E-state index contributed by atoms with van der Waals surface area (Å²) in [6.07, 6.45) is -0.116. The lowest BCUT2D eigenvalue weighted by Crippen LogP contribution is -2.25. The fraction of sp³-hybridized carbons (Fsp3) is 0.286. The molecule has 29 heavy (non-hydrogen) atoms. The number of rotatable bonds is 8. The van der Waals surface area contributed by atoms with E-state index in [-0.39, 0.29) is 17.8 Å². The van der Waals surface area contributed by atoms with Gasteiger partial charge in [-0.25, -0.2) is 0 Å². The summed E-state index contributed by atoms with van der Waals surface area (Å²) >= 11 is 1.00. The summed E-state index contributed by atoms with van der Waals surface area (Å²) in [6.45, 7) is 1.49. The molecule has 3 rings (SSSR count). The Hall–Kier alpha value is -3.00. The third-order valence-corrected chi connectivity index (χ3v) is 5.27. The van der Waals surface area contributed by atoms with Gasteiger partial charge in [0.1, 0.15) is 18.1 Å². The van der Waals surface area contributed by atoms with Gasteiger partial charge in [-0.3, -0.25) is 19.7 Å². The summed E-state index contributed by atoms with van der Waals surface area (Å²) in [4.78, 5) is 34.4. The first-order valence-corrected chi connectivity index (χ1v) is 9.87. The monoisotopic (exact) mass is 415 g/mol. The lowest BCUT2D eigenvalue weighted by Gasteiger charge is -2.19. The average molecular weight is 415 g/mol. The molecule has 1 fully saturated rings. The average Bonchev–Trinajstić information content (AvgIpc) is 3.02. The number of thioether (sulfide) groups is 1. The van der Waals surface area contributed by atoms with Crippen molar-refractivity contribution < 1.29 is 28.6 Å². The number of methoxy groups -OCH3 is 1. The molecule has 1 aliphatic heterocycles. The van der Waals surface area contributed by atoms with Crippen LogP contribution in [0, 0.1) is 0 Å². The molecule has 0 radical (unpaired) electrons. The number of hydrogen-bond acceptors (Lipinski definition) is 7. The van der Waals surface area contributed by atoms with Crippen molar-refractivity contribution in [2.24, 2.45) is 0 Å². The summed E-state index contributed by atoms with van der Waals surface area (Å²) < 4.78 is 16.4. The van der Waals surface area contributed by atoms with Crippen LogP contribution in [0.4, 0.5) is 4.79 Å². The molecule has 0 aliphatic carbocycles. The van der Waals surface area contributed by atoms with E-state index in [1.165, 1.54) is 6.92 Å². The predicted octanol–water partition coefficient (Wildman–Crippen LogP) is 3.27. The van der Waals surface area contributed by atoms with E-state index in [0.29, 0.717) is 17.9 Å². The highest BCUT2D eigenvalue weighted by Crippen LogP contribution is 2.26. The van der Waals surface area contributed by atoms with Crippen LogP contribution in [-0.2, 0) is 20.7 Å². The van der Waals surface area contributed by atoms with Gasteiger partial charge in [-0.2, -0.15) is 0 Å². The molecule has 2 aromatic carbocycles. The van der Waals surface area contributed by atoms with Crippen molar-refractivity contribution in [3.05, 3.63) is 59.7 Å². The predicted molar refractivity (Wildman–Crippen MR) is 108 cm³/mol. The van der Waals surface area contributed by atoms with E-state index < -0.39 is 17.3 Å². The standard InChI is InChI=1S/C21H21NO6S/c1-13(23)28-18(15-4-3-5-17(11-15)26-2)12-27-16-8-6-14(7-9-16)10-19-20(24)22-21(25)29-19/h3-9,11,18-19H,10,12H2,1-2H3,(H,22,24,25). The first-order chi connectivity index (χ1) is 13.9. The van der Waals surface area contributed by atoms with E-state index in [1.807, 2.05) is 30.3 Å². The molecule has 1 saturated heterocycles. The van der Waals surface area contributed by atoms with Crippen LogP contribution in [-0.4, -0.2) is 36.1 Å². The van der Waals surface area contributed by atoms with Crippen molar-refractivity contribution in [1.82, 2.24) is 5.32 Å². The van der Waals surface area contributed by atoms with Gasteiger partial charge in [-0.15, -0.1) is 0 Å². The van der Waals surface area contributed by atoms with Crippen LogP contribution >= 0.6 is 11.8 Å². The van der Waals surface area contributed by atoms with Crippen molar-refractivity contribution in [3.63, 3.8) is 0 Å². The Labute approximate surface area is 172 Å². The zero-order chi connectivity index (χ0) is 20.8. The maximum absolute atomic E-state index is 11.7. The van der Waals surface area contributed by atoms with Crippen molar-refractivity contribution in [3.8, 4) is 11.5 Å². The zero-order valence-corrected chi connectivity index (χ0v) is 16.9. The second-order valence-electron chi connectivity index (χ2n) is 6.42. The Kier molecular flexibility index (Phi) is 6.77. The lowest BCUT2D eigenvalue weighted by molar-refractivity contribution is -0.148. The zero-order valence-electron chi connectivity index (χ0n) is 16.0. The molecule has 2 aromatic rings. The van der Waals surface area contributed by atoms with Crippen LogP contribution in [0.1, 0.15) is 24.2 Å². The van der Waals surface area contributed by atoms with Gasteiger partial charge in [0, 0.05) is 6.92 Å². The first kappa shape index (κ1) is 20.7. The molecule has 1 aliphatic rings. The van der Waals surface area contributed by atoms with Crippen LogP contribution in [0.3, 0.4) is 0 Å². The topological polar surface area (TPSA) is 90.9 Å². The van der Waals surface area contributed by atoms with E-state index in [2.05, 4.69) is 5.32 Å². The molecule has 0 bridgehead atoms. The quantitative estimate of drug-likeness (QED) is 0.662. The van der Waals surface area contributed by atoms with Crippen LogP contribution in [0.25, 0.3) is 0 Å². The second kappa shape index (κ2) is 9.47. The Morgan fingerprint density at radius 3 is 2.52 bits per heavy atom. The van der Waals surface area contributed by atoms with Gasteiger partial charge in [0.25, 0.3) is 5.24 Å². The molecule has 2 atom stereocenters. The molecule has 1 N–H and O–H groups in total. The highest BCUT2D eigenvalue weighted by Gasteiger charge is 2.31. The van der Waals surface area contributed by atoms with Crippen molar-refractivity contribution in [1.29, 1.82) is 0 Å². The Morgan fingerprint density at radius 2 is 1.90 bits per heavy atom. The minimum absolute atomic E-state index is 0.140. The Bertz CT molecular complexity index is 898. The number of ether oxygens (including phenoxy) is 3. The van der Waals surface area contributed by atoms with Gasteiger partial charge < -0.3 is 14.2 Å². The van der Waals surface area contributed by atoms with Gasteiger partial charge in [-0.05, 0) is 41.8 Å². The first-order valence-electron chi connectivity index (χ1n) is 8.99. The third-order valence-electron chi connectivity index (χ3n) is 4.29. The van der Waals surface area contributed by atoms with Gasteiger partial charge >= 0.3 is 5.97 Å². The number of nitrogens with one attached hydrogen (secondary N) is 1. The summed E-state index contributed by atoms with van der Waals surface area (Å²) in [5.74, 6) is 0.603. The fourth-order valence-corrected chi connectivity index (χ4v) is 3.74. The number of esters is 1. The number of amides is 2. The summed E-state index contributed by atoms with van der Waals surface area (Å²) in [6, 6.07) is 14.5. The molecule has 2 amide bonds. The van der Waals surface area contributed by atoms with Gasteiger partial charge in [-0.1, -0.05) is 36.0 Å². The van der Waals surface area contributed by atoms with E-state index in [9.17, 15) is 14.4 Å². The van der Waals surface area contributed by atoms with Gasteiger partial charge in [0.05, 0.1) is 12.4 Å². The molecule has 8 heteroatoms. The number of carbonyl (C=O) groups excluding carboxylic acids is 3. The fourth-order valence-electron chi connectivity index (χ4n) is 2.88.